The second-order valence-corrected chi connectivity index (χ2v) is 7.04. The molecule has 144 valence electrons. The normalized spacial score (nSPS) is 15.2. The first kappa shape index (κ1) is 19.9. The molecular formula is C19H18Cl2F2N2O2. The molecule has 1 aliphatic rings. The van der Waals surface area contributed by atoms with Gasteiger partial charge in [0.25, 0.3) is 5.91 Å². The van der Waals surface area contributed by atoms with Crippen LogP contribution in [0.15, 0.2) is 42.5 Å². The Bertz CT molecular complexity index is 798. The van der Waals surface area contributed by atoms with Gasteiger partial charge in [0.2, 0.25) is 0 Å². The van der Waals surface area contributed by atoms with Crippen molar-refractivity contribution < 1.29 is 18.3 Å². The second kappa shape index (κ2) is 8.87. The molecule has 0 atom stereocenters. The van der Waals surface area contributed by atoms with Crippen LogP contribution in [0.25, 0.3) is 0 Å². The fraction of sp³-hybridized carbons (Fsp3) is 0.316. The number of ether oxygens (including phenoxy) is 1. The number of alkyl halides is 2. The number of piperazine rings is 1. The number of carbonyl (C=O) groups excluding carboxylic acids is 1. The molecule has 4 nitrogen and oxygen atoms in total. The predicted molar refractivity (Wildman–Crippen MR) is 101 cm³/mol. The highest BCUT2D eigenvalue weighted by atomic mass is 35.5. The molecule has 3 rings (SSSR count). The molecule has 1 fully saturated rings. The monoisotopic (exact) mass is 414 g/mol. The topological polar surface area (TPSA) is 32.8 Å². The maximum absolute atomic E-state index is 12.8. The summed E-state index contributed by atoms with van der Waals surface area (Å²) < 4.78 is 29.9. The highest BCUT2D eigenvalue weighted by molar-refractivity contribution is 6.36. The number of benzene rings is 2. The van der Waals surface area contributed by atoms with Crippen LogP contribution in [0.4, 0.5) is 8.78 Å². The van der Waals surface area contributed by atoms with Crippen LogP contribution >= 0.6 is 23.2 Å². The lowest BCUT2D eigenvalue weighted by Gasteiger charge is -2.35. The van der Waals surface area contributed by atoms with E-state index in [2.05, 4.69) is 21.8 Å². The molecule has 0 N–H and O–H groups in total. The SMILES string of the molecule is O=C(c1cc(Cl)cc(Cl)c1OC(F)F)N1CCN(Cc2ccccc2)CC1. The molecule has 0 saturated carbocycles. The van der Waals surface area contributed by atoms with E-state index in [-0.39, 0.29) is 21.4 Å². The lowest BCUT2D eigenvalue weighted by Crippen LogP contribution is -2.48. The van der Waals surface area contributed by atoms with Gasteiger partial charge in [0, 0.05) is 37.7 Å². The zero-order chi connectivity index (χ0) is 19.4. The van der Waals surface area contributed by atoms with Gasteiger partial charge in [-0.1, -0.05) is 53.5 Å². The number of hydrogen-bond acceptors (Lipinski definition) is 3. The van der Waals surface area contributed by atoms with Crippen LogP contribution in [-0.4, -0.2) is 48.5 Å². The first-order valence-corrected chi connectivity index (χ1v) is 9.19. The fourth-order valence-electron chi connectivity index (χ4n) is 3.05. The van der Waals surface area contributed by atoms with Gasteiger partial charge < -0.3 is 9.64 Å². The summed E-state index contributed by atoms with van der Waals surface area (Å²) in [5, 5.41) is 0.0709. The van der Waals surface area contributed by atoms with E-state index < -0.39 is 12.5 Å². The minimum absolute atomic E-state index is 0.0516. The molecule has 0 aliphatic carbocycles. The van der Waals surface area contributed by atoms with Crippen molar-refractivity contribution in [2.75, 3.05) is 26.2 Å². The van der Waals surface area contributed by atoms with Crippen LogP contribution < -0.4 is 4.74 Å². The van der Waals surface area contributed by atoms with Crippen molar-refractivity contribution in [2.45, 2.75) is 13.2 Å². The van der Waals surface area contributed by atoms with Crippen molar-refractivity contribution in [1.82, 2.24) is 9.80 Å². The lowest BCUT2D eigenvalue weighted by atomic mass is 10.1. The van der Waals surface area contributed by atoms with Gasteiger partial charge in [-0.15, -0.1) is 0 Å². The van der Waals surface area contributed by atoms with Crippen molar-refractivity contribution in [2.24, 2.45) is 0 Å². The quantitative estimate of drug-likeness (QED) is 0.718. The maximum atomic E-state index is 12.8. The second-order valence-electron chi connectivity index (χ2n) is 6.20. The third-order valence-electron chi connectivity index (χ3n) is 4.35. The standard InChI is InChI=1S/C19H18Cl2F2N2O2/c20-14-10-15(17(16(21)11-14)27-19(22)23)18(26)25-8-6-24(7-9-25)12-13-4-2-1-3-5-13/h1-5,10-11,19H,6-9,12H2. The first-order chi connectivity index (χ1) is 12.9. The van der Waals surface area contributed by atoms with Gasteiger partial charge >= 0.3 is 6.61 Å². The molecular weight excluding hydrogens is 397 g/mol. The number of nitrogens with zero attached hydrogens (tertiary/aromatic N) is 2. The van der Waals surface area contributed by atoms with E-state index in [4.69, 9.17) is 23.2 Å². The maximum Gasteiger partial charge on any atom is 0.387 e. The molecule has 2 aromatic carbocycles. The van der Waals surface area contributed by atoms with Gasteiger partial charge in [0.15, 0.2) is 5.75 Å². The molecule has 0 radical (unpaired) electrons. The Balaban J connectivity index is 1.69. The van der Waals surface area contributed by atoms with Crippen molar-refractivity contribution >= 4 is 29.1 Å². The largest absolute Gasteiger partial charge is 0.432 e. The van der Waals surface area contributed by atoms with E-state index in [1.165, 1.54) is 17.7 Å². The third kappa shape index (κ3) is 5.09. The minimum atomic E-state index is -3.09. The van der Waals surface area contributed by atoms with Crippen LogP contribution in [0.5, 0.6) is 5.75 Å². The molecule has 2 aromatic rings. The Labute approximate surface area is 166 Å². The Morgan fingerprint density at radius 3 is 2.37 bits per heavy atom. The van der Waals surface area contributed by atoms with Gasteiger partial charge in [-0.2, -0.15) is 8.78 Å². The number of rotatable bonds is 5. The van der Waals surface area contributed by atoms with Crippen molar-refractivity contribution in [1.29, 1.82) is 0 Å². The predicted octanol–water partition coefficient (Wildman–Crippen LogP) is 4.55. The summed E-state index contributed by atoms with van der Waals surface area (Å²) in [6, 6.07) is 12.6. The molecule has 27 heavy (non-hydrogen) atoms. The molecule has 1 aliphatic heterocycles. The van der Waals surface area contributed by atoms with Gasteiger partial charge in [-0.25, -0.2) is 0 Å². The number of carbonyl (C=O) groups is 1. The smallest absolute Gasteiger partial charge is 0.387 e. The van der Waals surface area contributed by atoms with Crippen LogP contribution in [0.3, 0.4) is 0 Å². The van der Waals surface area contributed by atoms with E-state index in [1.807, 2.05) is 18.2 Å². The Morgan fingerprint density at radius 1 is 1.07 bits per heavy atom. The van der Waals surface area contributed by atoms with Crippen molar-refractivity contribution in [3.05, 3.63) is 63.6 Å². The summed E-state index contributed by atoms with van der Waals surface area (Å²) in [6.07, 6.45) is 0. The summed E-state index contributed by atoms with van der Waals surface area (Å²) in [5.74, 6) is -0.762. The zero-order valence-corrected chi connectivity index (χ0v) is 15.9. The van der Waals surface area contributed by atoms with Crippen LogP contribution in [0.1, 0.15) is 15.9 Å². The van der Waals surface area contributed by atoms with Crippen molar-refractivity contribution in [3.63, 3.8) is 0 Å². The van der Waals surface area contributed by atoms with E-state index in [1.54, 1.807) is 4.90 Å². The van der Waals surface area contributed by atoms with E-state index in [0.717, 1.165) is 6.54 Å². The lowest BCUT2D eigenvalue weighted by molar-refractivity contribution is -0.0502. The molecule has 1 amide bonds. The zero-order valence-electron chi connectivity index (χ0n) is 14.4. The van der Waals surface area contributed by atoms with Gasteiger partial charge in [-0.3, -0.25) is 9.69 Å². The average Bonchev–Trinajstić information content (AvgIpc) is 2.64. The average molecular weight is 415 g/mol. The first-order valence-electron chi connectivity index (χ1n) is 8.43. The number of halogens is 4. The summed E-state index contributed by atoms with van der Waals surface area (Å²) in [6.45, 7) is 0.0253. The van der Waals surface area contributed by atoms with Crippen molar-refractivity contribution in [3.8, 4) is 5.75 Å². The van der Waals surface area contributed by atoms with E-state index in [0.29, 0.717) is 26.2 Å². The number of hydrogen-bond donors (Lipinski definition) is 0. The third-order valence-corrected chi connectivity index (χ3v) is 4.85. The Hall–Kier alpha value is -1.89. The molecule has 1 heterocycles. The van der Waals surface area contributed by atoms with Crippen LogP contribution in [-0.2, 0) is 6.54 Å². The highest BCUT2D eigenvalue weighted by Crippen LogP contribution is 2.34. The highest BCUT2D eigenvalue weighted by Gasteiger charge is 2.27. The summed E-state index contributed by atoms with van der Waals surface area (Å²) >= 11 is 11.9. The number of amides is 1. The Kier molecular flexibility index (Phi) is 6.52. The fourth-order valence-corrected chi connectivity index (χ4v) is 3.59. The van der Waals surface area contributed by atoms with Gasteiger partial charge in [0.05, 0.1) is 10.6 Å². The molecule has 0 aromatic heterocycles. The Morgan fingerprint density at radius 2 is 1.74 bits per heavy atom. The van der Waals surface area contributed by atoms with E-state index >= 15 is 0 Å². The van der Waals surface area contributed by atoms with Gasteiger partial charge in [-0.05, 0) is 17.7 Å². The minimum Gasteiger partial charge on any atom is -0.432 e. The van der Waals surface area contributed by atoms with Crippen LogP contribution in [0, 0.1) is 0 Å². The summed E-state index contributed by atoms with van der Waals surface area (Å²) in [4.78, 5) is 16.7. The molecule has 0 bridgehead atoms. The van der Waals surface area contributed by atoms with Gasteiger partial charge in [0.1, 0.15) is 0 Å². The molecule has 8 heteroatoms. The van der Waals surface area contributed by atoms with E-state index in [9.17, 15) is 13.6 Å². The molecule has 0 spiro atoms. The van der Waals surface area contributed by atoms with Crippen LogP contribution in [0.2, 0.25) is 10.0 Å². The summed E-state index contributed by atoms with van der Waals surface area (Å²) in [7, 11) is 0. The summed E-state index contributed by atoms with van der Waals surface area (Å²) in [5.41, 5.74) is 1.15. The molecule has 0 unspecified atom stereocenters. The molecule has 1 saturated heterocycles.